The van der Waals surface area contributed by atoms with E-state index in [4.69, 9.17) is 0 Å². The summed E-state index contributed by atoms with van der Waals surface area (Å²) in [6.07, 6.45) is 3.15. The molecule has 0 bridgehead atoms. The lowest BCUT2D eigenvalue weighted by molar-refractivity contribution is 0.630. The minimum Gasteiger partial charge on any atom is -0.244 e. The fraction of sp³-hybridized carbons (Fsp3) is 0. The average Bonchev–Trinajstić information content (AvgIpc) is 2.49. The zero-order valence-corrected chi connectivity index (χ0v) is 10.1. The molecule has 3 heteroatoms. The third-order valence-corrected chi connectivity index (χ3v) is 2.93. The van der Waals surface area contributed by atoms with E-state index < -0.39 is 0 Å². The largest absolute Gasteiger partial charge is 0.244 e. The Labute approximate surface area is 110 Å². The van der Waals surface area contributed by atoms with Crippen LogP contribution in [0.1, 0.15) is 0 Å². The molecule has 0 unspecified atom stereocenters. The van der Waals surface area contributed by atoms with Crippen LogP contribution in [0.15, 0.2) is 67.1 Å². The van der Waals surface area contributed by atoms with E-state index >= 15 is 0 Å². The van der Waals surface area contributed by atoms with Crippen LogP contribution in [0.4, 0.5) is 4.39 Å². The number of nitrogens with zero attached hydrogens (tertiary/aromatic N) is 2. The molecule has 0 saturated heterocycles. The van der Waals surface area contributed by atoms with Gasteiger partial charge in [0.1, 0.15) is 12.1 Å². The molecule has 0 aliphatic carbocycles. The second-order valence-electron chi connectivity index (χ2n) is 4.13. The van der Waals surface area contributed by atoms with E-state index in [1.54, 1.807) is 24.4 Å². The summed E-state index contributed by atoms with van der Waals surface area (Å²) in [5, 5.41) is 0. The number of aromatic nitrogens is 2. The van der Waals surface area contributed by atoms with Crippen molar-refractivity contribution in [1.29, 1.82) is 0 Å². The molecule has 2 aromatic carbocycles. The van der Waals surface area contributed by atoms with Gasteiger partial charge >= 0.3 is 0 Å². The first-order valence-corrected chi connectivity index (χ1v) is 5.96. The second kappa shape index (κ2) is 4.98. The molecule has 0 spiro atoms. The summed E-state index contributed by atoms with van der Waals surface area (Å²) in [6.45, 7) is 0. The second-order valence-corrected chi connectivity index (χ2v) is 4.13. The lowest BCUT2D eigenvalue weighted by Crippen LogP contribution is -1.93. The van der Waals surface area contributed by atoms with Crippen molar-refractivity contribution in [3.63, 3.8) is 0 Å². The first kappa shape index (κ1) is 11.5. The lowest BCUT2D eigenvalue weighted by atomic mass is 10.0. The molecule has 2 nitrogen and oxygen atoms in total. The topological polar surface area (TPSA) is 25.8 Å². The normalized spacial score (nSPS) is 10.4. The standard InChI is InChI=1S/C16H11FN2/c17-15-9-5-4-8-13(15)16-14(10-18-11-19-16)12-6-2-1-3-7-12/h1-11H. The van der Waals surface area contributed by atoms with Crippen LogP contribution < -0.4 is 0 Å². The number of halogens is 1. The number of benzene rings is 2. The summed E-state index contributed by atoms with van der Waals surface area (Å²) in [5.41, 5.74) is 2.90. The van der Waals surface area contributed by atoms with Gasteiger partial charge in [0.2, 0.25) is 0 Å². The van der Waals surface area contributed by atoms with Crippen LogP contribution in [0.5, 0.6) is 0 Å². The summed E-state index contributed by atoms with van der Waals surface area (Å²) in [4.78, 5) is 8.28. The fourth-order valence-electron chi connectivity index (χ4n) is 2.03. The highest BCUT2D eigenvalue weighted by molar-refractivity contribution is 5.80. The molecular weight excluding hydrogens is 239 g/mol. The van der Waals surface area contributed by atoms with Gasteiger partial charge in [-0.25, -0.2) is 14.4 Å². The molecule has 0 amide bonds. The Balaban J connectivity index is 2.21. The molecule has 3 aromatic rings. The maximum Gasteiger partial charge on any atom is 0.132 e. The number of rotatable bonds is 2. The maximum absolute atomic E-state index is 13.9. The molecule has 0 N–H and O–H groups in total. The summed E-state index contributed by atoms with van der Waals surface area (Å²) < 4.78 is 13.9. The number of hydrogen-bond donors (Lipinski definition) is 0. The monoisotopic (exact) mass is 250 g/mol. The van der Waals surface area contributed by atoms with Crippen LogP contribution >= 0.6 is 0 Å². The maximum atomic E-state index is 13.9. The van der Waals surface area contributed by atoms with Crippen LogP contribution in [0.2, 0.25) is 0 Å². The lowest BCUT2D eigenvalue weighted by Gasteiger charge is -2.08. The molecule has 0 fully saturated rings. The molecule has 0 saturated carbocycles. The minimum atomic E-state index is -0.279. The summed E-state index contributed by atoms with van der Waals surface area (Å²) in [5.74, 6) is -0.279. The fourth-order valence-corrected chi connectivity index (χ4v) is 2.03. The Bertz CT molecular complexity index is 696. The predicted molar refractivity (Wildman–Crippen MR) is 72.9 cm³/mol. The van der Waals surface area contributed by atoms with Gasteiger partial charge in [-0.1, -0.05) is 42.5 Å². The van der Waals surface area contributed by atoms with Crippen molar-refractivity contribution in [2.45, 2.75) is 0 Å². The van der Waals surface area contributed by atoms with E-state index in [2.05, 4.69) is 9.97 Å². The number of hydrogen-bond acceptors (Lipinski definition) is 2. The van der Waals surface area contributed by atoms with E-state index in [-0.39, 0.29) is 5.82 Å². The Morgan fingerprint density at radius 1 is 0.789 bits per heavy atom. The van der Waals surface area contributed by atoms with Gasteiger partial charge in [0, 0.05) is 17.3 Å². The summed E-state index contributed by atoms with van der Waals surface area (Å²) >= 11 is 0. The Hall–Kier alpha value is -2.55. The Kier molecular flexibility index (Phi) is 3.02. The highest BCUT2D eigenvalue weighted by Gasteiger charge is 2.11. The van der Waals surface area contributed by atoms with Gasteiger partial charge < -0.3 is 0 Å². The molecule has 0 aliphatic rings. The van der Waals surface area contributed by atoms with Crippen molar-refractivity contribution in [3.8, 4) is 22.4 Å². The zero-order chi connectivity index (χ0) is 13.1. The van der Waals surface area contributed by atoms with E-state index in [0.29, 0.717) is 11.3 Å². The van der Waals surface area contributed by atoms with Crippen LogP contribution in [-0.4, -0.2) is 9.97 Å². The zero-order valence-electron chi connectivity index (χ0n) is 10.1. The van der Waals surface area contributed by atoms with Gasteiger partial charge in [0.05, 0.1) is 5.69 Å². The molecule has 1 heterocycles. The van der Waals surface area contributed by atoms with Crippen LogP contribution in [0.3, 0.4) is 0 Å². The molecule has 3 rings (SSSR count). The Morgan fingerprint density at radius 2 is 1.53 bits per heavy atom. The van der Waals surface area contributed by atoms with E-state index in [1.807, 2.05) is 30.3 Å². The van der Waals surface area contributed by atoms with Crippen molar-refractivity contribution in [2.75, 3.05) is 0 Å². The molecular formula is C16H11FN2. The molecule has 0 radical (unpaired) electrons. The van der Waals surface area contributed by atoms with Crippen molar-refractivity contribution < 1.29 is 4.39 Å². The van der Waals surface area contributed by atoms with Gasteiger partial charge in [-0.3, -0.25) is 0 Å². The van der Waals surface area contributed by atoms with Gasteiger partial charge in [-0.2, -0.15) is 0 Å². The van der Waals surface area contributed by atoms with Crippen LogP contribution in [-0.2, 0) is 0 Å². The highest BCUT2D eigenvalue weighted by atomic mass is 19.1. The quantitative estimate of drug-likeness (QED) is 0.688. The molecule has 0 aliphatic heterocycles. The first-order chi connectivity index (χ1) is 9.36. The third-order valence-electron chi connectivity index (χ3n) is 2.93. The molecule has 19 heavy (non-hydrogen) atoms. The predicted octanol–water partition coefficient (Wildman–Crippen LogP) is 3.95. The van der Waals surface area contributed by atoms with Gasteiger partial charge in [0.15, 0.2) is 0 Å². The van der Waals surface area contributed by atoms with Crippen molar-refractivity contribution in [1.82, 2.24) is 9.97 Å². The van der Waals surface area contributed by atoms with E-state index in [9.17, 15) is 4.39 Å². The van der Waals surface area contributed by atoms with Gasteiger partial charge in [-0.05, 0) is 17.7 Å². The molecule has 0 atom stereocenters. The van der Waals surface area contributed by atoms with E-state index in [0.717, 1.165) is 11.1 Å². The average molecular weight is 250 g/mol. The SMILES string of the molecule is Fc1ccccc1-c1ncncc1-c1ccccc1. The van der Waals surface area contributed by atoms with Crippen molar-refractivity contribution in [2.24, 2.45) is 0 Å². The van der Waals surface area contributed by atoms with Crippen LogP contribution in [0.25, 0.3) is 22.4 Å². The summed E-state index contributed by atoms with van der Waals surface area (Å²) in [6, 6.07) is 16.4. The summed E-state index contributed by atoms with van der Waals surface area (Å²) in [7, 11) is 0. The van der Waals surface area contributed by atoms with Gasteiger partial charge in [-0.15, -0.1) is 0 Å². The van der Waals surface area contributed by atoms with E-state index in [1.165, 1.54) is 12.4 Å². The van der Waals surface area contributed by atoms with Crippen molar-refractivity contribution >= 4 is 0 Å². The van der Waals surface area contributed by atoms with Crippen LogP contribution in [0, 0.1) is 5.82 Å². The van der Waals surface area contributed by atoms with Gasteiger partial charge in [0.25, 0.3) is 0 Å². The highest BCUT2D eigenvalue weighted by Crippen LogP contribution is 2.30. The van der Waals surface area contributed by atoms with Crippen molar-refractivity contribution in [3.05, 3.63) is 72.9 Å². The Morgan fingerprint density at radius 3 is 2.32 bits per heavy atom. The molecule has 1 aromatic heterocycles. The molecule has 92 valence electrons. The third kappa shape index (κ3) is 2.22. The smallest absolute Gasteiger partial charge is 0.132 e. The first-order valence-electron chi connectivity index (χ1n) is 5.96. The minimum absolute atomic E-state index is 0.279.